The molecule has 1 fully saturated rings. The summed E-state index contributed by atoms with van der Waals surface area (Å²) in [4.78, 5) is 18.5. The second-order valence-electron chi connectivity index (χ2n) is 5.70. The average Bonchev–Trinajstić information content (AvgIpc) is 3.04. The molecule has 0 unspecified atom stereocenters. The van der Waals surface area contributed by atoms with E-state index in [-0.39, 0.29) is 11.9 Å². The van der Waals surface area contributed by atoms with Gasteiger partial charge in [-0.3, -0.25) is 9.78 Å². The second-order valence-corrected chi connectivity index (χ2v) is 5.70. The zero-order valence-corrected chi connectivity index (χ0v) is 12.4. The third kappa shape index (κ3) is 3.17. The summed E-state index contributed by atoms with van der Waals surface area (Å²) >= 11 is 0. The lowest BCUT2D eigenvalue weighted by Gasteiger charge is -2.26. The van der Waals surface area contributed by atoms with Gasteiger partial charge in [0.2, 0.25) is 0 Å². The van der Waals surface area contributed by atoms with Crippen molar-refractivity contribution < 1.29 is 9.90 Å². The molecule has 3 rings (SSSR count). The van der Waals surface area contributed by atoms with Crippen LogP contribution in [0.1, 0.15) is 41.3 Å². The molecule has 22 heavy (non-hydrogen) atoms. The van der Waals surface area contributed by atoms with Crippen molar-refractivity contribution in [2.24, 2.45) is 0 Å². The Kier molecular flexibility index (Phi) is 4.49. The van der Waals surface area contributed by atoms with Crippen LogP contribution in [0.4, 0.5) is 0 Å². The number of rotatable bonds is 4. The van der Waals surface area contributed by atoms with E-state index in [9.17, 15) is 9.90 Å². The molecular formula is C18H20N2O2. The number of amides is 1. The summed E-state index contributed by atoms with van der Waals surface area (Å²) in [5, 5.41) is 10.4. The Balaban J connectivity index is 1.70. The molecule has 1 aromatic heterocycles. The van der Waals surface area contributed by atoms with Crippen LogP contribution in [0.2, 0.25) is 0 Å². The molecule has 0 bridgehead atoms. The van der Waals surface area contributed by atoms with Crippen LogP contribution >= 0.6 is 0 Å². The van der Waals surface area contributed by atoms with Gasteiger partial charge < -0.3 is 10.0 Å². The summed E-state index contributed by atoms with van der Waals surface area (Å²) in [7, 11) is 0. The predicted octanol–water partition coefficient (Wildman–Crippen LogP) is 2.81. The normalized spacial score (nSPS) is 19.1. The van der Waals surface area contributed by atoms with Gasteiger partial charge in [-0.2, -0.15) is 0 Å². The van der Waals surface area contributed by atoms with E-state index in [1.807, 2.05) is 35.2 Å². The van der Waals surface area contributed by atoms with Crippen LogP contribution in [0.25, 0.3) is 0 Å². The molecule has 4 nitrogen and oxygen atoms in total. The monoisotopic (exact) mass is 296 g/mol. The van der Waals surface area contributed by atoms with Gasteiger partial charge in [0.1, 0.15) is 0 Å². The first kappa shape index (κ1) is 14.7. The van der Waals surface area contributed by atoms with Gasteiger partial charge in [-0.05, 0) is 37.0 Å². The summed E-state index contributed by atoms with van der Waals surface area (Å²) in [6.45, 7) is 0.750. The average molecular weight is 296 g/mol. The van der Waals surface area contributed by atoms with E-state index in [0.717, 1.165) is 24.9 Å². The van der Waals surface area contributed by atoms with Crippen molar-refractivity contribution in [1.82, 2.24) is 9.88 Å². The number of aliphatic hydroxyl groups is 1. The molecule has 1 amide bonds. The van der Waals surface area contributed by atoms with Gasteiger partial charge in [-0.15, -0.1) is 0 Å². The Morgan fingerprint density at radius 3 is 2.82 bits per heavy atom. The minimum atomic E-state index is -0.534. The van der Waals surface area contributed by atoms with Crippen molar-refractivity contribution in [2.45, 2.75) is 31.4 Å². The lowest BCUT2D eigenvalue weighted by molar-refractivity contribution is 0.0666. The molecule has 2 heterocycles. The molecule has 114 valence electrons. The maximum absolute atomic E-state index is 12.6. The topological polar surface area (TPSA) is 53.4 Å². The molecular weight excluding hydrogens is 276 g/mol. The molecule has 1 aromatic carbocycles. The fraction of sp³-hybridized carbons (Fsp3) is 0.333. The van der Waals surface area contributed by atoms with Crippen molar-refractivity contribution in [3.8, 4) is 0 Å². The predicted molar refractivity (Wildman–Crippen MR) is 84.3 cm³/mol. The van der Waals surface area contributed by atoms with Crippen LogP contribution in [-0.2, 0) is 0 Å². The largest absolute Gasteiger partial charge is 0.388 e. The van der Waals surface area contributed by atoms with Gasteiger partial charge in [-0.1, -0.05) is 30.3 Å². The number of hydrogen-bond acceptors (Lipinski definition) is 3. The highest BCUT2D eigenvalue weighted by atomic mass is 16.3. The number of nitrogens with zero attached hydrogens (tertiary/aromatic N) is 2. The second kappa shape index (κ2) is 6.71. The van der Waals surface area contributed by atoms with E-state index in [4.69, 9.17) is 0 Å². The Bertz CT molecular complexity index is 615. The summed E-state index contributed by atoms with van der Waals surface area (Å²) in [5.74, 6) is 0.0101. The lowest BCUT2D eigenvalue weighted by Crippen LogP contribution is -2.36. The van der Waals surface area contributed by atoms with E-state index in [1.165, 1.54) is 0 Å². The van der Waals surface area contributed by atoms with Crippen molar-refractivity contribution in [1.29, 1.82) is 0 Å². The van der Waals surface area contributed by atoms with Gasteiger partial charge in [-0.25, -0.2) is 0 Å². The maximum atomic E-state index is 12.6. The molecule has 2 aromatic rings. The molecule has 0 aliphatic carbocycles. The van der Waals surface area contributed by atoms with Crippen molar-refractivity contribution in [3.05, 3.63) is 66.0 Å². The molecule has 2 atom stereocenters. The number of aromatic nitrogens is 1. The van der Waals surface area contributed by atoms with Gasteiger partial charge in [0.25, 0.3) is 5.91 Å². The van der Waals surface area contributed by atoms with Gasteiger partial charge >= 0.3 is 0 Å². The van der Waals surface area contributed by atoms with E-state index >= 15 is 0 Å². The van der Waals surface area contributed by atoms with Gasteiger partial charge in [0.15, 0.2) is 0 Å². The third-order valence-corrected chi connectivity index (χ3v) is 4.23. The molecule has 1 aliphatic heterocycles. The molecule has 0 spiro atoms. The first-order valence-corrected chi connectivity index (χ1v) is 7.69. The van der Waals surface area contributed by atoms with Crippen LogP contribution in [0, 0.1) is 0 Å². The number of carbonyl (C=O) groups is 1. The maximum Gasteiger partial charge on any atom is 0.255 e. The Labute approximate surface area is 130 Å². The molecule has 4 heteroatoms. The van der Waals surface area contributed by atoms with E-state index in [0.29, 0.717) is 12.0 Å². The van der Waals surface area contributed by atoms with Gasteiger partial charge in [0, 0.05) is 25.0 Å². The van der Waals surface area contributed by atoms with Gasteiger partial charge in [0.05, 0.1) is 11.7 Å². The summed E-state index contributed by atoms with van der Waals surface area (Å²) in [6.07, 6.45) is 5.24. The zero-order valence-electron chi connectivity index (χ0n) is 12.4. The molecule has 1 N–H and O–H groups in total. The number of pyridine rings is 1. The summed E-state index contributed by atoms with van der Waals surface area (Å²) < 4.78 is 0. The zero-order chi connectivity index (χ0) is 15.4. The van der Waals surface area contributed by atoms with Crippen LogP contribution < -0.4 is 0 Å². The lowest BCUT2D eigenvalue weighted by atomic mass is 10.0. The van der Waals surface area contributed by atoms with Crippen LogP contribution in [0.3, 0.4) is 0 Å². The van der Waals surface area contributed by atoms with Crippen LogP contribution in [0.15, 0.2) is 54.9 Å². The SMILES string of the molecule is O=C(c1cccnc1)N1CCC[C@@H]1C[C@@H](O)c1ccccc1. The minimum absolute atomic E-state index is 0.0101. The highest BCUT2D eigenvalue weighted by molar-refractivity contribution is 5.94. The fourth-order valence-electron chi connectivity index (χ4n) is 3.07. The smallest absolute Gasteiger partial charge is 0.255 e. The van der Waals surface area contributed by atoms with Crippen molar-refractivity contribution >= 4 is 5.91 Å². The number of likely N-dealkylation sites (tertiary alicyclic amines) is 1. The number of carbonyl (C=O) groups excluding carboxylic acids is 1. The van der Waals surface area contributed by atoms with Crippen LogP contribution in [-0.4, -0.2) is 33.5 Å². The first-order valence-electron chi connectivity index (χ1n) is 7.69. The van der Waals surface area contributed by atoms with Crippen molar-refractivity contribution in [2.75, 3.05) is 6.54 Å². The Hall–Kier alpha value is -2.20. The first-order chi connectivity index (χ1) is 10.8. The van der Waals surface area contributed by atoms with E-state index in [2.05, 4.69) is 4.98 Å². The highest BCUT2D eigenvalue weighted by Crippen LogP contribution is 2.28. The van der Waals surface area contributed by atoms with E-state index < -0.39 is 6.10 Å². The summed E-state index contributed by atoms with van der Waals surface area (Å²) in [6, 6.07) is 13.3. The number of hydrogen-bond donors (Lipinski definition) is 1. The summed E-state index contributed by atoms with van der Waals surface area (Å²) in [5.41, 5.74) is 1.52. The van der Waals surface area contributed by atoms with Crippen molar-refractivity contribution in [3.63, 3.8) is 0 Å². The molecule has 0 saturated carbocycles. The molecule has 1 saturated heterocycles. The number of benzene rings is 1. The Morgan fingerprint density at radius 2 is 2.09 bits per heavy atom. The third-order valence-electron chi connectivity index (χ3n) is 4.23. The quantitative estimate of drug-likeness (QED) is 0.944. The molecule has 1 aliphatic rings. The molecule has 0 radical (unpaired) electrons. The fourth-order valence-corrected chi connectivity index (χ4v) is 3.07. The van der Waals surface area contributed by atoms with Crippen LogP contribution in [0.5, 0.6) is 0 Å². The standard InChI is InChI=1S/C18H20N2O2/c21-17(14-6-2-1-3-7-14)12-16-9-5-11-20(16)18(22)15-8-4-10-19-13-15/h1-4,6-8,10,13,16-17,21H,5,9,11-12H2/t16-,17-/m1/s1. The van der Waals surface area contributed by atoms with E-state index in [1.54, 1.807) is 24.5 Å². The number of aliphatic hydroxyl groups excluding tert-OH is 1. The minimum Gasteiger partial charge on any atom is -0.388 e. The highest BCUT2D eigenvalue weighted by Gasteiger charge is 2.31. The Morgan fingerprint density at radius 1 is 1.27 bits per heavy atom.